The molecule has 154 valence electrons. The number of aliphatic imine (C=N–C) groups is 1. The zero-order chi connectivity index (χ0) is 20.5. The average molecular weight is 402 g/mol. The quantitative estimate of drug-likeness (QED) is 0.327. The second-order valence-electron chi connectivity index (χ2n) is 7.74. The van der Waals surface area contributed by atoms with Gasteiger partial charge in [0, 0.05) is 26.7 Å². The van der Waals surface area contributed by atoms with Crippen LogP contribution < -0.4 is 10.6 Å². The van der Waals surface area contributed by atoms with Crippen molar-refractivity contribution in [1.29, 1.82) is 0 Å². The maximum Gasteiger partial charge on any atom is 0.233 e. The summed E-state index contributed by atoms with van der Waals surface area (Å²) in [5.74, 6) is -0.538. The molecular weight excluding hydrogens is 378 g/mol. The Kier molecular flexibility index (Phi) is 5.34. The van der Waals surface area contributed by atoms with E-state index in [9.17, 15) is 18.4 Å². The molecule has 2 amide bonds. The summed E-state index contributed by atoms with van der Waals surface area (Å²) in [6, 6.07) is 3.37. The van der Waals surface area contributed by atoms with Gasteiger partial charge in [-0.2, -0.15) is 0 Å². The number of hydrogen-bond acceptors (Lipinski definition) is 3. The van der Waals surface area contributed by atoms with Crippen LogP contribution in [0.5, 0.6) is 0 Å². The average Bonchev–Trinajstić information content (AvgIpc) is 3.38. The molecule has 2 N–H and O–H groups in total. The van der Waals surface area contributed by atoms with E-state index in [0.29, 0.717) is 25.5 Å². The molecule has 4 atom stereocenters. The monoisotopic (exact) mass is 402 g/mol. The largest absolute Gasteiger partial charge is 0.356 e. The van der Waals surface area contributed by atoms with E-state index in [1.807, 2.05) is 0 Å². The first-order valence-corrected chi connectivity index (χ1v) is 9.91. The molecule has 2 aliphatic carbocycles. The van der Waals surface area contributed by atoms with Gasteiger partial charge in [0.05, 0.1) is 11.8 Å². The predicted molar refractivity (Wildman–Crippen MR) is 104 cm³/mol. The standard InChI is InChI=1S/C21H24F2N4O2/c1-24-21(25-7-6-12-11-15(22)4-5-16(12)23)26-8-9-27-19(28)17-13-2-3-14(10-13)18(17)20(27)29/h2-5,11,13-14,17-18H,6-10H2,1H3,(H2,24,25,26). The van der Waals surface area contributed by atoms with Crippen molar-refractivity contribution in [3.8, 4) is 0 Å². The van der Waals surface area contributed by atoms with E-state index >= 15 is 0 Å². The molecule has 0 aromatic heterocycles. The maximum atomic E-state index is 13.7. The van der Waals surface area contributed by atoms with Crippen LogP contribution in [0.15, 0.2) is 35.3 Å². The lowest BCUT2D eigenvalue weighted by atomic mass is 9.85. The number of carbonyl (C=O) groups excluding carboxylic acids is 2. The van der Waals surface area contributed by atoms with Gasteiger partial charge in [-0.25, -0.2) is 8.78 Å². The van der Waals surface area contributed by atoms with Crippen LogP contribution in [0.1, 0.15) is 12.0 Å². The van der Waals surface area contributed by atoms with Crippen molar-refractivity contribution < 1.29 is 18.4 Å². The SMILES string of the molecule is CN=C(NCCc1cc(F)ccc1F)NCCN1C(=O)C2C3C=CC(C3)C2C1=O. The molecular formula is C21H24F2N4O2. The summed E-state index contributed by atoms with van der Waals surface area (Å²) < 4.78 is 26.9. The summed E-state index contributed by atoms with van der Waals surface area (Å²) in [4.78, 5) is 30.8. The minimum atomic E-state index is -0.475. The van der Waals surface area contributed by atoms with E-state index < -0.39 is 11.6 Å². The number of hydrogen-bond donors (Lipinski definition) is 2. The first-order valence-electron chi connectivity index (χ1n) is 9.91. The predicted octanol–water partition coefficient (Wildman–Crippen LogP) is 1.48. The first-order chi connectivity index (χ1) is 14.0. The number of carbonyl (C=O) groups is 2. The van der Waals surface area contributed by atoms with Gasteiger partial charge < -0.3 is 10.6 Å². The molecule has 0 spiro atoms. The molecule has 4 unspecified atom stereocenters. The first kappa shape index (κ1) is 19.5. The highest BCUT2D eigenvalue weighted by Crippen LogP contribution is 2.52. The van der Waals surface area contributed by atoms with E-state index in [4.69, 9.17) is 0 Å². The lowest BCUT2D eigenvalue weighted by molar-refractivity contribution is -0.140. The second kappa shape index (κ2) is 7.93. The molecule has 1 saturated carbocycles. The van der Waals surface area contributed by atoms with Gasteiger partial charge in [-0.1, -0.05) is 12.2 Å². The van der Waals surface area contributed by atoms with Gasteiger partial charge in [-0.3, -0.25) is 19.5 Å². The molecule has 6 nitrogen and oxygen atoms in total. The number of likely N-dealkylation sites (tertiary alicyclic amines) is 1. The number of imide groups is 1. The van der Waals surface area contributed by atoms with Crippen molar-refractivity contribution in [1.82, 2.24) is 15.5 Å². The van der Waals surface area contributed by atoms with Crippen molar-refractivity contribution in [2.45, 2.75) is 12.8 Å². The fourth-order valence-corrected chi connectivity index (χ4v) is 4.74. The van der Waals surface area contributed by atoms with E-state index in [1.54, 1.807) is 7.05 Å². The highest BCUT2D eigenvalue weighted by molar-refractivity contribution is 6.06. The van der Waals surface area contributed by atoms with E-state index in [-0.39, 0.29) is 47.6 Å². The van der Waals surface area contributed by atoms with Crippen LogP contribution >= 0.6 is 0 Å². The van der Waals surface area contributed by atoms with Crippen LogP contribution in [0.3, 0.4) is 0 Å². The Bertz CT molecular complexity index is 855. The highest BCUT2D eigenvalue weighted by atomic mass is 19.1. The minimum Gasteiger partial charge on any atom is -0.356 e. The summed E-state index contributed by atoms with van der Waals surface area (Å²) in [6.45, 7) is 1.01. The molecule has 4 rings (SSSR count). The topological polar surface area (TPSA) is 73.8 Å². The van der Waals surface area contributed by atoms with E-state index in [1.165, 1.54) is 11.0 Å². The molecule has 1 aromatic rings. The van der Waals surface area contributed by atoms with Crippen LogP contribution in [0.2, 0.25) is 0 Å². The van der Waals surface area contributed by atoms with Crippen molar-refractivity contribution in [3.05, 3.63) is 47.5 Å². The number of amides is 2. The number of rotatable bonds is 6. The molecule has 1 heterocycles. The molecule has 0 radical (unpaired) electrons. The van der Waals surface area contributed by atoms with Crippen LogP contribution in [0.25, 0.3) is 0 Å². The zero-order valence-electron chi connectivity index (χ0n) is 16.2. The normalized spacial score (nSPS) is 27.7. The lowest BCUT2D eigenvalue weighted by Crippen LogP contribution is -2.44. The molecule has 2 bridgehead atoms. The molecule has 29 heavy (non-hydrogen) atoms. The Morgan fingerprint density at radius 3 is 2.41 bits per heavy atom. The summed E-state index contributed by atoms with van der Waals surface area (Å²) in [5, 5.41) is 6.09. The third kappa shape index (κ3) is 3.63. The number of guanidine groups is 1. The van der Waals surface area contributed by atoms with Gasteiger partial charge in [0.15, 0.2) is 5.96 Å². The molecule has 8 heteroatoms. The van der Waals surface area contributed by atoms with Crippen LogP contribution in [-0.2, 0) is 16.0 Å². The van der Waals surface area contributed by atoms with Gasteiger partial charge in [0.2, 0.25) is 11.8 Å². The van der Waals surface area contributed by atoms with Gasteiger partial charge in [-0.05, 0) is 48.4 Å². The fourth-order valence-electron chi connectivity index (χ4n) is 4.74. The second-order valence-corrected chi connectivity index (χ2v) is 7.74. The molecule has 3 aliphatic rings. The van der Waals surface area contributed by atoms with Crippen molar-refractivity contribution in [2.24, 2.45) is 28.7 Å². The third-order valence-electron chi connectivity index (χ3n) is 6.11. The van der Waals surface area contributed by atoms with Crippen LogP contribution in [-0.4, -0.2) is 49.4 Å². The van der Waals surface area contributed by atoms with Crippen molar-refractivity contribution >= 4 is 17.8 Å². The van der Waals surface area contributed by atoms with Crippen molar-refractivity contribution in [3.63, 3.8) is 0 Å². The number of benzene rings is 1. The minimum absolute atomic E-state index is 0.0665. The number of fused-ring (bicyclic) bond motifs is 5. The number of allylic oxidation sites excluding steroid dienone is 2. The zero-order valence-corrected chi connectivity index (χ0v) is 16.2. The van der Waals surface area contributed by atoms with E-state index in [2.05, 4.69) is 27.8 Å². The molecule has 1 aromatic carbocycles. The number of halogens is 2. The highest BCUT2D eigenvalue weighted by Gasteiger charge is 2.58. The Morgan fingerprint density at radius 1 is 1.10 bits per heavy atom. The summed E-state index contributed by atoms with van der Waals surface area (Å²) in [7, 11) is 1.60. The summed E-state index contributed by atoms with van der Waals surface area (Å²) >= 11 is 0. The smallest absolute Gasteiger partial charge is 0.233 e. The van der Waals surface area contributed by atoms with Gasteiger partial charge in [-0.15, -0.1) is 0 Å². The van der Waals surface area contributed by atoms with Crippen LogP contribution in [0, 0.1) is 35.3 Å². The van der Waals surface area contributed by atoms with E-state index in [0.717, 1.165) is 18.6 Å². The van der Waals surface area contributed by atoms with Gasteiger partial charge in [0.1, 0.15) is 11.6 Å². The Morgan fingerprint density at radius 2 is 1.76 bits per heavy atom. The Hall–Kier alpha value is -2.77. The Balaban J connectivity index is 1.24. The van der Waals surface area contributed by atoms with Crippen LogP contribution in [0.4, 0.5) is 8.78 Å². The maximum absolute atomic E-state index is 13.7. The molecule has 1 saturated heterocycles. The Labute approximate surface area is 168 Å². The van der Waals surface area contributed by atoms with Gasteiger partial charge in [0.25, 0.3) is 0 Å². The molecule has 2 fully saturated rings. The fraction of sp³-hybridized carbons (Fsp3) is 0.476. The number of nitrogens with zero attached hydrogens (tertiary/aromatic N) is 2. The van der Waals surface area contributed by atoms with Gasteiger partial charge >= 0.3 is 0 Å². The van der Waals surface area contributed by atoms with Crippen molar-refractivity contribution in [2.75, 3.05) is 26.7 Å². The summed E-state index contributed by atoms with van der Waals surface area (Å²) in [5.41, 5.74) is 0.288. The lowest BCUT2D eigenvalue weighted by Gasteiger charge is -2.18. The number of nitrogens with one attached hydrogen (secondary N) is 2. The summed E-state index contributed by atoms with van der Waals surface area (Å²) in [6.07, 6.45) is 5.37. The molecule has 1 aliphatic heterocycles. The third-order valence-corrected chi connectivity index (χ3v) is 6.11.